The van der Waals surface area contributed by atoms with Crippen molar-refractivity contribution in [2.24, 2.45) is 0 Å². The summed E-state index contributed by atoms with van der Waals surface area (Å²) >= 11 is 0. The topological polar surface area (TPSA) is 47.8 Å². The molecule has 0 N–H and O–H groups in total. The van der Waals surface area contributed by atoms with E-state index >= 15 is 0 Å². The van der Waals surface area contributed by atoms with Crippen molar-refractivity contribution in [3.8, 4) is 17.0 Å². The average molecular weight is 217 g/mol. The summed E-state index contributed by atoms with van der Waals surface area (Å²) in [6, 6.07) is 7.77. The summed E-state index contributed by atoms with van der Waals surface area (Å²) in [5.41, 5.74) is 1.73. The van der Waals surface area contributed by atoms with Crippen molar-refractivity contribution in [3.63, 3.8) is 0 Å². The van der Waals surface area contributed by atoms with Crippen LogP contribution in [0.2, 0.25) is 0 Å². The van der Waals surface area contributed by atoms with Crippen LogP contribution >= 0.6 is 0 Å². The molecule has 1 aliphatic rings. The van der Waals surface area contributed by atoms with Crippen LogP contribution in [0.4, 0.5) is 0 Å². The molecule has 0 amide bonds. The van der Waals surface area contributed by atoms with E-state index in [0.717, 1.165) is 23.6 Å². The maximum absolute atomic E-state index is 5.68. The second-order valence-corrected chi connectivity index (χ2v) is 3.64. The second kappa shape index (κ2) is 3.98. The van der Waals surface area contributed by atoms with E-state index in [0.29, 0.717) is 6.61 Å². The number of ether oxygens (including phenoxy) is 2. The Morgan fingerprint density at radius 3 is 3.00 bits per heavy atom. The SMILES string of the molecule is c1ccc(-c2cocn2)c(OC[C@@H]2CO2)c1. The molecule has 0 unspecified atom stereocenters. The van der Waals surface area contributed by atoms with Gasteiger partial charge in [0.2, 0.25) is 0 Å². The van der Waals surface area contributed by atoms with Crippen molar-refractivity contribution >= 4 is 0 Å². The Bertz CT molecular complexity index is 463. The van der Waals surface area contributed by atoms with E-state index in [1.807, 2.05) is 24.3 Å². The highest BCUT2D eigenvalue weighted by molar-refractivity contribution is 5.65. The third-order valence-corrected chi connectivity index (χ3v) is 2.42. The number of para-hydroxylation sites is 1. The van der Waals surface area contributed by atoms with Crippen LogP contribution in [0.25, 0.3) is 11.3 Å². The van der Waals surface area contributed by atoms with E-state index in [2.05, 4.69) is 4.98 Å². The fraction of sp³-hybridized carbons (Fsp3) is 0.250. The molecule has 0 saturated carbocycles. The minimum Gasteiger partial charge on any atom is -0.490 e. The highest BCUT2D eigenvalue weighted by atomic mass is 16.6. The van der Waals surface area contributed by atoms with Crippen LogP contribution in [0, 0.1) is 0 Å². The predicted octanol–water partition coefficient (Wildman–Crippen LogP) is 2.12. The zero-order valence-corrected chi connectivity index (χ0v) is 8.63. The van der Waals surface area contributed by atoms with E-state index in [4.69, 9.17) is 13.9 Å². The quantitative estimate of drug-likeness (QED) is 0.736. The van der Waals surface area contributed by atoms with Crippen molar-refractivity contribution in [1.29, 1.82) is 0 Å². The van der Waals surface area contributed by atoms with Crippen molar-refractivity contribution in [1.82, 2.24) is 4.98 Å². The molecule has 1 aromatic heterocycles. The molecule has 1 saturated heterocycles. The summed E-state index contributed by atoms with van der Waals surface area (Å²) in [5.74, 6) is 0.812. The summed E-state index contributed by atoms with van der Waals surface area (Å²) in [4.78, 5) is 4.11. The second-order valence-electron chi connectivity index (χ2n) is 3.64. The standard InChI is InChI=1S/C12H11NO3/c1-2-4-12(16-6-9-5-15-9)10(3-1)11-7-14-8-13-11/h1-4,7-9H,5-6H2/t9-/m0/s1. The minimum absolute atomic E-state index is 0.255. The first kappa shape index (κ1) is 9.42. The van der Waals surface area contributed by atoms with Crippen LogP contribution in [0.1, 0.15) is 0 Å². The Kier molecular flexibility index (Phi) is 2.34. The zero-order chi connectivity index (χ0) is 10.8. The van der Waals surface area contributed by atoms with Gasteiger partial charge in [-0.3, -0.25) is 0 Å². The Morgan fingerprint density at radius 2 is 2.25 bits per heavy atom. The van der Waals surface area contributed by atoms with Crippen LogP contribution in [-0.4, -0.2) is 24.3 Å². The molecule has 1 aromatic carbocycles. The van der Waals surface area contributed by atoms with Gasteiger partial charge >= 0.3 is 0 Å². The van der Waals surface area contributed by atoms with Gasteiger partial charge in [-0.15, -0.1) is 0 Å². The molecule has 1 atom stereocenters. The molecule has 16 heavy (non-hydrogen) atoms. The average Bonchev–Trinajstić information content (AvgIpc) is 3.00. The fourth-order valence-corrected chi connectivity index (χ4v) is 1.50. The molecule has 2 heterocycles. The molecule has 3 rings (SSSR count). The Balaban J connectivity index is 1.85. The van der Waals surface area contributed by atoms with Gasteiger partial charge in [0.25, 0.3) is 0 Å². The summed E-state index contributed by atoms with van der Waals surface area (Å²) in [6.45, 7) is 1.39. The molecule has 1 fully saturated rings. The molecule has 1 aliphatic heterocycles. The van der Waals surface area contributed by atoms with E-state index in [-0.39, 0.29) is 6.10 Å². The van der Waals surface area contributed by atoms with Gasteiger partial charge in [-0.1, -0.05) is 12.1 Å². The van der Waals surface area contributed by atoms with Crippen LogP contribution in [0.5, 0.6) is 5.75 Å². The highest BCUT2D eigenvalue weighted by Crippen LogP contribution is 2.29. The van der Waals surface area contributed by atoms with Crippen molar-refractivity contribution < 1.29 is 13.9 Å². The lowest BCUT2D eigenvalue weighted by molar-refractivity contribution is 0.264. The van der Waals surface area contributed by atoms with Crippen molar-refractivity contribution in [3.05, 3.63) is 36.9 Å². The normalized spacial score (nSPS) is 18.4. The highest BCUT2D eigenvalue weighted by Gasteiger charge is 2.23. The van der Waals surface area contributed by atoms with E-state index in [1.54, 1.807) is 6.26 Å². The monoisotopic (exact) mass is 217 g/mol. The molecule has 82 valence electrons. The number of oxazole rings is 1. The largest absolute Gasteiger partial charge is 0.490 e. The smallest absolute Gasteiger partial charge is 0.181 e. The third kappa shape index (κ3) is 1.92. The molecule has 0 aliphatic carbocycles. The summed E-state index contributed by atoms with van der Waals surface area (Å²) in [7, 11) is 0. The molecule has 4 nitrogen and oxygen atoms in total. The van der Waals surface area contributed by atoms with Gasteiger partial charge in [-0.05, 0) is 12.1 Å². The molecule has 2 aromatic rings. The van der Waals surface area contributed by atoms with Gasteiger partial charge in [0.15, 0.2) is 6.39 Å². The van der Waals surface area contributed by atoms with Crippen molar-refractivity contribution in [2.75, 3.05) is 13.2 Å². The van der Waals surface area contributed by atoms with Gasteiger partial charge in [0, 0.05) is 5.56 Å². The van der Waals surface area contributed by atoms with Crippen LogP contribution in [-0.2, 0) is 4.74 Å². The Hall–Kier alpha value is -1.81. The van der Waals surface area contributed by atoms with E-state index < -0.39 is 0 Å². The van der Waals surface area contributed by atoms with Gasteiger partial charge in [-0.2, -0.15) is 0 Å². The van der Waals surface area contributed by atoms with Gasteiger partial charge in [-0.25, -0.2) is 4.98 Å². The number of nitrogens with zero attached hydrogens (tertiary/aromatic N) is 1. The number of epoxide rings is 1. The summed E-state index contributed by atoms with van der Waals surface area (Å²) < 4.78 is 15.8. The predicted molar refractivity (Wildman–Crippen MR) is 57.2 cm³/mol. The molecule has 4 heteroatoms. The zero-order valence-electron chi connectivity index (χ0n) is 8.63. The first-order valence-electron chi connectivity index (χ1n) is 5.15. The lowest BCUT2D eigenvalue weighted by Gasteiger charge is -2.07. The maximum atomic E-state index is 5.68. The maximum Gasteiger partial charge on any atom is 0.181 e. The number of rotatable bonds is 4. The van der Waals surface area contributed by atoms with Gasteiger partial charge in [0.1, 0.15) is 30.4 Å². The molecular weight excluding hydrogens is 206 g/mol. The fourth-order valence-electron chi connectivity index (χ4n) is 1.50. The van der Waals surface area contributed by atoms with Crippen LogP contribution < -0.4 is 4.74 Å². The Labute approximate surface area is 92.8 Å². The molecule has 0 bridgehead atoms. The van der Waals surface area contributed by atoms with Gasteiger partial charge < -0.3 is 13.9 Å². The Morgan fingerprint density at radius 1 is 1.38 bits per heavy atom. The molecule has 0 spiro atoms. The number of hydrogen-bond acceptors (Lipinski definition) is 4. The van der Waals surface area contributed by atoms with E-state index in [1.165, 1.54) is 6.39 Å². The summed E-state index contributed by atoms with van der Waals surface area (Å²) in [5, 5.41) is 0. The first-order valence-corrected chi connectivity index (χ1v) is 5.15. The number of hydrogen-bond donors (Lipinski definition) is 0. The molecule has 0 radical (unpaired) electrons. The van der Waals surface area contributed by atoms with Crippen LogP contribution in [0.3, 0.4) is 0 Å². The third-order valence-electron chi connectivity index (χ3n) is 2.42. The van der Waals surface area contributed by atoms with Gasteiger partial charge in [0.05, 0.1) is 6.61 Å². The van der Waals surface area contributed by atoms with Crippen molar-refractivity contribution in [2.45, 2.75) is 6.10 Å². The van der Waals surface area contributed by atoms with Crippen LogP contribution in [0.15, 0.2) is 41.3 Å². The first-order chi connectivity index (χ1) is 7.93. The lowest BCUT2D eigenvalue weighted by Crippen LogP contribution is -2.04. The van der Waals surface area contributed by atoms with E-state index in [9.17, 15) is 0 Å². The number of aromatic nitrogens is 1. The summed E-state index contributed by atoms with van der Waals surface area (Å²) in [6.07, 6.45) is 3.27. The molecular formula is C12H11NO3. The minimum atomic E-state index is 0.255. The lowest BCUT2D eigenvalue weighted by atomic mass is 10.1. The number of benzene rings is 1.